The van der Waals surface area contributed by atoms with Crippen LogP contribution in [0.5, 0.6) is 11.5 Å². The van der Waals surface area contributed by atoms with E-state index in [1.165, 1.54) is 17.5 Å². The van der Waals surface area contributed by atoms with E-state index < -0.39 is 0 Å². The first-order valence-corrected chi connectivity index (χ1v) is 6.67. The van der Waals surface area contributed by atoms with E-state index in [9.17, 15) is 10.2 Å². The van der Waals surface area contributed by atoms with Crippen LogP contribution in [0.25, 0.3) is 0 Å². The van der Waals surface area contributed by atoms with Crippen LogP contribution in [0.3, 0.4) is 0 Å². The Labute approximate surface area is 149 Å². The summed E-state index contributed by atoms with van der Waals surface area (Å²) in [6, 6.07) is 13.5. The van der Waals surface area contributed by atoms with E-state index in [0.29, 0.717) is 24.2 Å². The molecule has 0 aliphatic rings. The molecule has 0 saturated carbocycles. The van der Waals surface area contributed by atoms with Gasteiger partial charge in [-0.25, -0.2) is 0 Å². The topological polar surface area (TPSA) is 120 Å². The van der Waals surface area contributed by atoms with Gasteiger partial charge in [-0.2, -0.15) is 0 Å². The van der Waals surface area contributed by atoms with Crippen molar-refractivity contribution in [1.29, 1.82) is 0 Å². The summed E-state index contributed by atoms with van der Waals surface area (Å²) in [6.45, 7) is 0.956. The van der Waals surface area contributed by atoms with Gasteiger partial charge in [0, 0.05) is 12.4 Å². The smallest absolute Gasteiger partial charge is 0.872 e. The Hall–Kier alpha value is -2.70. The van der Waals surface area contributed by atoms with Gasteiger partial charge in [-0.15, -0.1) is 16.4 Å². The zero-order chi connectivity index (χ0) is 16.9. The zero-order valence-corrected chi connectivity index (χ0v) is 13.8. The van der Waals surface area contributed by atoms with Crippen LogP contribution < -0.4 is 10.2 Å². The molecule has 24 heavy (non-hydrogen) atoms. The molecule has 0 bridgehead atoms. The molecule has 0 aliphatic carbocycles. The van der Waals surface area contributed by atoms with Gasteiger partial charge in [-0.1, -0.05) is 48.5 Å². The SMILES string of the molecule is O=NO.[Mn+2].[O-]c1ccccc1C=NCCN=Cc1ccccc1[O-]. The summed E-state index contributed by atoms with van der Waals surface area (Å²) >= 11 is 0. The van der Waals surface area contributed by atoms with E-state index in [1.807, 2.05) is 0 Å². The van der Waals surface area contributed by atoms with Crippen molar-refractivity contribution >= 4 is 12.4 Å². The van der Waals surface area contributed by atoms with Gasteiger partial charge in [-0.3, -0.25) is 9.98 Å². The normalized spacial score (nSPS) is 10.0. The van der Waals surface area contributed by atoms with Crippen molar-refractivity contribution < 1.29 is 32.5 Å². The largest absolute Gasteiger partial charge is 2.00 e. The van der Waals surface area contributed by atoms with Crippen molar-refractivity contribution in [3.8, 4) is 11.5 Å². The zero-order valence-electron chi connectivity index (χ0n) is 12.6. The van der Waals surface area contributed by atoms with Crippen molar-refractivity contribution in [2.24, 2.45) is 15.3 Å². The van der Waals surface area contributed by atoms with E-state index in [4.69, 9.17) is 10.1 Å². The monoisotopic (exact) mass is 368 g/mol. The maximum absolute atomic E-state index is 11.4. The first-order chi connectivity index (χ1) is 11.2. The fourth-order valence-electron chi connectivity index (χ4n) is 1.62. The van der Waals surface area contributed by atoms with Gasteiger partial charge in [0.2, 0.25) is 0 Å². The molecule has 1 radical (unpaired) electrons. The van der Waals surface area contributed by atoms with Gasteiger partial charge in [0.15, 0.2) is 5.34 Å². The standard InChI is InChI=1S/C16H16N2O2.Mn.HNO2/c19-15-7-3-1-5-13(15)11-17-9-10-18-12-14-6-2-4-8-16(14)20;;2-1-3/h1-8,11-12,19-20H,9-10H2;;(H,2,3)/q;+2;/p-2. The molecule has 0 aliphatic heterocycles. The van der Waals surface area contributed by atoms with Crippen molar-refractivity contribution in [1.82, 2.24) is 0 Å². The van der Waals surface area contributed by atoms with Crippen LogP contribution >= 0.6 is 0 Å². The molecule has 0 fully saturated rings. The van der Waals surface area contributed by atoms with Gasteiger partial charge in [0.25, 0.3) is 0 Å². The third-order valence-electron chi connectivity index (χ3n) is 2.66. The van der Waals surface area contributed by atoms with Gasteiger partial charge >= 0.3 is 17.1 Å². The molecule has 2 aromatic rings. The molecule has 2 aromatic carbocycles. The first kappa shape index (κ1) is 21.3. The second-order valence-electron chi connectivity index (χ2n) is 4.23. The Kier molecular flexibility index (Phi) is 11.4. The maximum Gasteiger partial charge on any atom is 2.00 e. The molecule has 0 unspecified atom stereocenters. The predicted octanol–water partition coefficient (Wildman–Crippen LogP) is 1.51. The van der Waals surface area contributed by atoms with Crippen LogP contribution in [0.15, 0.2) is 63.9 Å². The third-order valence-corrected chi connectivity index (χ3v) is 2.66. The van der Waals surface area contributed by atoms with Crippen LogP contribution in [0, 0.1) is 4.91 Å². The molecule has 7 nitrogen and oxygen atoms in total. The minimum absolute atomic E-state index is 0. The molecule has 0 saturated heterocycles. The van der Waals surface area contributed by atoms with Crippen molar-refractivity contribution in [3.05, 3.63) is 64.6 Å². The average Bonchev–Trinajstić information content (AvgIpc) is 2.55. The quantitative estimate of drug-likeness (QED) is 0.283. The number of hydrogen-bond acceptors (Lipinski definition) is 6. The van der Waals surface area contributed by atoms with Gasteiger partial charge in [0.05, 0.1) is 13.1 Å². The van der Waals surface area contributed by atoms with Crippen molar-refractivity contribution in [2.75, 3.05) is 13.1 Å². The Morgan fingerprint density at radius 1 is 0.833 bits per heavy atom. The van der Waals surface area contributed by atoms with Gasteiger partial charge in [0.1, 0.15) is 0 Å². The van der Waals surface area contributed by atoms with Crippen molar-refractivity contribution in [3.63, 3.8) is 0 Å². The van der Waals surface area contributed by atoms with Crippen LogP contribution in [-0.2, 0) is 17.1 Å². The molecule has 125 valence electrons. The van der Waals surface area contributed by atoms with E-state index in [-0.39, 0.29) is 28.6 Å². The first-order valence-electron chi connectivity index (χ1n) is 6.67. The molecule has 0 atom stereocenters. The van der Waals surface area contributed by atoms with E-state index in [1.54, 1.807) is 48.8 Å². The third kappa shape index (κ3) is 8.07. The summed E-state index contributed by atoms with van der Waals surface area (Å²) in [5.74, 6) is -0.0833. The number of nitrogens with zero attached hydrogens (tertiary/aromatic N) is 3. The van der Waals surface area contributed by atoms with E-state index in [2.05, 4.69) is 9.98 Å². The summed E-state index contributed by atoms with van der Waals surface area (Å²) < 4.78 is 0. The molecule has 0 heterocycles. The Balaban J connectivity index is 0.00000123. The van der Waals surface area contributed by atoms with E-state index in [0.717, 1.165) is 0 Å². The molecule has 8 heteroatoms. The summed E-state index contributed by atoms with van der Waals surface area (Å²) in [6.07, 6.45) is 3.11. The fourth-order valence-corrected chi connectivity index (χ4v) is 1.62. The van der Waals surface area contributed by atoms with Crippen LogP contribution in [0.4, 0.5) is 0 Å². The van der Waals surface area contributed by atoms with Crippen LogP contribution in [0.1, 0.15) is 11.1 Å². The number of para-hydroxylation sites is 2. The van der Waals surface area contributed by atoms with Gasteiger partial charge < -0.3 is 15.4 Å². The Bertz CT molecular complexity index is 622. The minimum Gasteiger partial charge on any atom is -0.872 e. The second kappa shape index (κ2) is 12.8. The molecule has 1 N–H and O–H groups in total. The maximum atomic E-state index is 11.4. The summed E-state index contributed by atoms with van der Waals surface area (Å²) in [7, 11) is 0. The number of hydrogen-bond donors (Lipinski definition) is 1. The molecular weight excluding hydrogens is 353 g/mol. The summed E-state index contributed by atoms with van der Waals surface area (Å²) in [4.78, 5) is 16.4. The minimum atomic E-state index is -0.0416. The molecular formula is C16H15MnN3O4. The summed E-state index contributed by atoms with van der Waals surface area (Å²) in [5.41, 5.74) is 1.14. The Morgan fingerprint density at radius 3 is 1.50 bits per heavy atom. The van der Waals surface area contributed by atoms with Crippen molar-refractivity contribution in [2.45, 2.75) is 0 Å². The summed E-state index contributed by atoms with van der Waals surface area (Å²) in [5, 5.41) is 30.7. The molecule has 2 rings (SSSR count). The second-order valence-corrected chi connectivity index (χ2v) is 4.23. The molecule has 0 spiro atoms. The van der Waals surface area contributed by atoms with Crippen LogP contribution in [0.2, 0.25) is 0 Å². The predicted molar refractivity (Wildman–Crippen MR) is 84.3 cm³/mol. The number of rotatable bonds is 5. The fraction of sp³-hybridized carbons (Fsp3) is 0.125. The van der Waals surface area contributed by atoms with E-state index >= 15 is 0 Å². The average molecular weight is 368 g/mol. The number of aliphatic imine (C=N–C) groups is 2. The van der Waals surface area contributed by atoms with Gasteiger partial charge in [-0.05, 0) is 11.1 Å². The molecule has 0 aromatic heterocycles. The molecule has 0 amide bonds. The Morgan fingerprint density at radius 2 is 1.17 bits per heavy atom. The number of benzene rings is 2. The van der Waals surface area contributed by atoms with Crippen LogP contribution in [-0.4, -0.2) is 30.7 Å².